The lowest BCUT2D eigenvalue weighted by molar-refractivity contribution is -0.234. The summed E-state index contributed by atoms with van der Waals surface area (Å²) in [5.41, 5.74) is 0. The van der Waals surface area contributed by atoms with Gasteiger partial charge >= 0.3 is 5.97 Å². The third-order valence-corrected chi connectivity index (χ3v) is 2.28. The molecule has 1 aliphatic heterocycles. The number of rotatable bonds is 4. The van der Waals surface area contributed by atoms with Gasteiger partial charge in [-0.1, -0.05) is 0 Å². The first-order chi connectivity index (χ1) is 7.17. The van der Waals surface area contributed by atoms with Crippen molar-refractivity contribution in [1.29, 1.82) is 0 Å². The van der Waals surface area contributed by atoms with Gasteiger partial charge in [0.05, 0.1) is 6.61 Å². The standard InChI is InChI=1S/C10H18O5/c1-3-13-10-5-4-8(14-7(2)12)9(6-11)15-10/h8-11H,3-6H2,1-2H3/t8-,9+,10-/m0/s1. The highest BCUT2D eigenvalue weighted by atomic mass is 16.7. The number of esters is 1. The molecule has 1 fully saturated rings. The monoisotopic (exact) mass is 218 g/mol. The maximum absolute atomic E-state index is 10.8. The summed E-state index contributed by atoms with van der Waals surface area (Å²) in [5, 5.41) is 9.09. The van der Waals surface area contributed by atoms with Crippen LogP contribution in [0.5, 0.6) is 0 Å². The number of ether oxygens (including phenoxy) is 3. The van der Waals surface area contributed by atoms with Gasteiger partial charge in [0.15, 0.2) is 6.29 Å². The van der Waals surface area contributed by atoms with Crippen LogP contribution in [-0.4, -0.2) is 42.8 Å². The Hall–Kier alpha value is -0.650. The fourth-order valence-corrected chi connectivity index (χ4v) is 1.65. The Morgan fingerprint density at radius 3 is 2.80 bits per heavy atom. The summed E-state index contributed by atoms with van der Waals surface area (Å²) in [7, 11) is 0. The summed E-state index contributed by atoms with van der Waals surface area (Å²) >= 11 is 0. The van der Waals surface area contributed by atoms with E-state index < -0.39 is 6.10 Å². The Balaban J connectivity index is 2.45. The van der Waals surface area contributed by atoms with Crippen molar-refractivity contribution < 1.29 is 24.1 Å². The van der Waals surface area contributed by atoms with Crippen LogP contribution >= 0.6 is 0 Å². The number of hydrogen-bond donors (Lipinski definition) is 1. The summed E-state index contributed by atoms with van der Waals surface area (Å²) in [6.45, 7) is 3.64. The van der Waals surface area contributed by atoms with E-state index in [0.29, 0.717) is 19.4 Å². The van der Waals surface area contributed by atoms with Crippen molar-refractivity contribution in [3.05, 3.63) is 0 Å². The molecule has 0 amide bonds. The van der Waals surface area contributed by atoms with E-state index in [1.165, 1.54) is 6.92 Å². The zero-order valence-corrected chi connectivity index (χ0v) is 9.14. The second kappa shape index (κ2) is 6.05. The average molecular weight is 218 g/mol. The van der Waals surface area contributed by atoms with Crippen LogP contribution < -0.4 is 0 Å². The molecule has 0 aliphatic carbocycles. The molecule has 5 heteroatoms. The van der Waals surface area contributed by atoms with Crippen LogP contribution in [0.1, 0.15) is 26.7 Å². The maximum Gasteiger partial charge on any atom is 0.302 e. The highest BCUT2D eigenvalue weighted by Gasteiger charge is 2.33. The van der Waals surface area contributed by atoms with E-state index in [-0.39, 0.29) is 25.0 Å². The van der Waals surface area contributed by atoms with Crippen LogP contribution in [0.15, 0.2) is 0 Å². The third kappa shape index (κ3) is 3.77. The number of carbonyl (C=O) groups excluding carboxylic acids is 1. The zero-order valence-electron chi connectivity index (χ0n) is 9.14. The topological polar surface area (TPSA) is 65.0 Å². The van der Waals surface area contributed by atoms with Gasteiger partial charge in [0.2, 0.25) is 0 Å². The molecule has 88 valence electrons. The van der Waals surface area contributed by atoms with Gasteiger partial charge in [-0.2, -0.15) is 0 Å². The van der Waals surface area contributed by atoms with Gasteiger partial charge in [-0.05, 0) is 13.3 Å². The Morgan fingerprint density at radius 2 is 2.27 bits per heavy atom. The number of carbonyl (C=O) groups is 1. The average Bonchev–Trinajstić information content (AvgIpc) is 2.20. The van der Waals surface area contributed by atoms with E-state index >= 15 is 0 Å². The predicted molar refractivity (Wildman–Crippen MR) is 52.2 cm³/mol. The van der Waals surface area contributed by atoms with Gasteiger partial charge in [0.1, 0.15) is 12.2 Å². The van der Waals surface area contributed by atoms with E-state index in [2.05, 4.69) is 0 Å². The van der Waals surface area contributed by atoms with Gasteiger partial charge in [-0.25, -0.2) is 0 Å². The number of aliphatic hydroxyl groups excluding tert-OH is 1. The Kier molecular flexibility index (Phi) is 5.01. The lowest BCUT2D eigenvalue weighted by atomic mass is 10.1. The second-order valence-corrected chi connectivity index (χ2v) is 3.47. The highest BCUT2D eigenvalue weighted by Crippen LogP contribution is 2.22. The molecule has 0 aromatic rings. The smallest absolute Gasteiger partial charge is 0.302 e. The molecule has 0 saturated carbocycles. The van der Waals surface area contributed by atoms with Crippen molar-refractivity contribution in [2.45, 2.75) is 45.2 Å². The van der Waals surface area contributed by atoms with Gasteiger partial charge in [-0.3, -0.25) is 4.79 Å². The van der Waals surface area contributed by atoms with Crippen molar-refractivity contribution in [3.63, 3.8) is 0 Å². The van der Waals surface area contributed by atoms with E-state index in [1.807, 2.05) is 6.92 Å². The summed E-state index contributed by atoms with van der Waals surface area (Å²) in [4.78, 5) is 10.8. The molecule has 0 aromatic carbocycles. The minimum atomic E-state index is -0.473. The van der Waals surface area contributed by atoms with Crippen molar-refractivity contribution in [2.24, 2.45) is 0 Å². The molecule has 0 unspecified atom stereocenters. The quantitative estimate of drug-likeness (QED) is 0.694. The Morgan fingerprint density at radius 1 is 1.53 bits per heavy atom. The van der Waals surface area contributed by atoms with Gasteiger partial charge in [0, 0.05) is 20.0 Å². The lowest BCUT2D eigenvalue weighted by Gasteiger charge is -2.34. The maximum atomic E-state index is 10.8. The summed E-state index contributed by atoms with van der Waals surface area (Å²) < 4.78 is 15.8. The number of hydrogen-bond acceptors (Lipinski definition) is 5. The molecule has 1 aliphatic rings. The molecule has 1 rings (SSSR count). The van der Waals surface area contributed by atoms with E-state index in [1.54, 1.807) is 0 Å². The SMILES string of the molecule is CCO[C@@H]1CC[C@H](OC(C)=O)[C@@H](CO)O1. The van der Waals surface area contributed by atoms with Gasteiger partial charge in [-0.15, -0.1) is 0 Å². The van der Waals surface area contributed by atoms with E-state index in [0.717, 1.165) is 0 Å². The van der Waals surface area contributed by atoms with Crippen molar-refractivity contribution in [1.82, 2.24) is 0 Å². The minimum Gasteiger partial charge on any atom is -0.460 e. The fraction of sp³-hybridized carbons (Fsp3) is 0.900. The second-order valence-electron chi connectivity index (χ2n) is 3.47. The van der Waals surface area contributed by atoms with Crippen molar-refractivity contribution in [2.75, 3.05) is 13.2 Å². The summed E-state index contributed by atoms with van der Waals surface area (Å²) in [6, 6.07) is 0. The minimum absolute atomic E-state index is 0.165. The Bertz CT molecular complexity index is 206. The predicted octanol–water partition coefficient (Wildman–Crippen LogP) is 0.452. The molecular weight excluding hydrogens is 200 g/mol. The van der Waals surface area contributed by atoms with Crippen molar-refractivity contribution in [3.8, 4) is 0 Å². The largest absolute Gasteiger partial charge is 0.460 e. The van der Waals surface area contributed by atoms with Crippen LogP contribution in [0.3, 0.4) is 0 Å². The van der Waals surface area contributed by atoms with Gasteiger partial charge < -0.3 is 19.3 Å². The van der Waals surface area contributed by atoms with Crippen LogP contribution in [0, 0.1) is 0 Å². The number of aliphatic hydroxyl groups is 1. The normalized spacial score (nSPS) is 31.3. The first kappa shape index (κ1) is 12.4. The first-order valence-corrected chi connectivity index (χ1v) is 5.22. The molecule has 0 spiro atoms. The van der Waals surface area contributed by atoms with E-state index in [4.69, 9.17) is 19.3 Å². The molecule has 0 radical (unpaired) electrons. The van der Waals surface area contributed by atoms with E-state index in [9.17, 15) is 4.79 Å². The molecule has 1 heterocycles. The van der Waals surface area contributed by atoms with Crippen LogP contribution in [-0.2, 0) is 19.0 Å². The Labute approximate surface area is 89.3 Å². The van der Waals surface area contributed by atoms with Crippen molar-refractivity contribution >= 4 is 5.97 Å². The molecule has 1 N–H and O–H groups in total. The highest BCUT2D eigenvalue weighted by molar-refractivity contribution is 5.66. The summed E-state index contributed by atoms with van der Waals surface area (Å²) in [6.07, 6.45) is 0.222. The molecule has 3 atom stereocenters. The molecule has 5 nitrogen and oxygen atoms in total. The molecule has 0 bridgehead atoms. The zero-order chi connectivity index (χ0) is 11.3. The lowest BCUT2D eigenvalue weighted by Crippen LogP contribution is -2.44. The van der Waals surface area contributed by atoms with Crippen LogP contribution in [0.4, 0.5) is 0 Å². The summed E-state index contributed by atoms with van der Waals surface area (Å²) in [5.74, 6) is -0.350. The van der Waals surface area contributed by atoms with Crippen LogP contribution in [0.25, 0.3) is 0 Å². The third-order valence-electron chi connectivity index (χ3n) is 2.28. The van der Waals surface area contributed by atoms with Gasteiger partial charge in [0.25, 0.3) is 0 Å². The molecule has 0 aromatic heterocycles. The first-order valence-electron chi connectivity index (χ1n) is 5.22. The molecular formula is C10H18O5. The van der Waals surface area contributed by atoms with Crippen LogP contribution in [0.2, 0.25) is 0 Å². The molecule has 15 heavy (non-hydrogen) atoms. The fourth-order valence-electron chi connectivity index (χ4n) is 1.65. The molecule has 1 saturated heterocycles.